The molecule has 2 saturated heterocycles. The molecule has 0 unspecified atom stereocenters. The number of benzene rings is 3. The normalized spacial score (nSPS) is 23.9. The van der Waals surface area contributed by atoms with E-state index in [2.05, 4.69) is 0 Å². The smallest absolute Gasteiger partial charge is 0.270 e. The van der Waals surface area contributed by atoms with E-state index >= 15 is 0 Å². The van der Waals surface area contributed by atoms with Crippen molar-refractivity contribution >= 4 is 35.0 Å². The third-order valence-corrected chi connectivity index (χ3v) is 7.30. The molecule has 8 heteroatoms. The molecule has 0 bridgehead atoms. The second-order valence-electron chi connectivity index (χ2n) is 9.23. The van der Waals surface area contributed by atoms with Crippen LogP contribution < -0.4 is 4.90 Å². The number of para-hydroxylation sites is 1. The largest absolute Gasteiger partial charge is 0.352 e. The summed E-state index contributed by atoms with van der Waals surface area (Å²) in [5.74, 6) is -2.73. The monoisotopic (exact) mass is 479 g/mol. The van der Waals surface area contributed by atoms with Crippen molar-refractivity contribution in [1.29, 1.82) is 0 Å². The minimum absolute atomic E-state index is 0.135. The summed E-state index contributed by atoms with van der Waals surface area (Å²) in [5, 5.41) is 11.4. The Bertz CT molecular complexity index is 1450. The maximum Gasteiger partial charge on any atom is 0.270 e. The van der Waals surface area contributed by atoms with Crippen LogP contribution in [0.15, 0.2) is 84.9 Å². The summed E-state index contributed by atoms with van der Waals surface area (Å²) in [6, 6.07) is 20.9. The summed E-state index contributed by atoms with van der Waals surface area (Å²) in [4.78, 5) is 55.3. The number of amides is 2. The van der Waals surface area contributed by atoms with E-state index < -0.39 is 40.5 Å². The number of fused-ring (bicyclic) bond motifs is 5. The molecule has 2 fully saturated rings. The minimum atomic E-state index is -0.967. The quantitative estimate of drug-likeness (QED) is 0.238. The van der Waals surface area contributed by atoms with Crippen molar-refractivity contribution in [3.8, 4) is 0 Å². The lowest BCUT2D eigenvalue weighted by atomic mass is 9.86. The average Bonchev–Trinajstić information content (AvgIpc) is 3.37. The van der Waals surface area contributed by atoms with Crippen molar-refractivity contribution < 1.29 is 19.3 Å². The summed E-state index contributed by atoms with van der Waals surface area (Å²) in [7, 11) is 0. The van der Waals surface area contributed by atoms with Crippen molar-refractivity contribution in [2.45, 2.75) is 18.6 Å². The fourth-order valence-electron chi connectivity index (χ4n) is 5.74. The van der Waals surface area contributed by atoms with Crippen LogP contribution in [0.4, 0.5) is 11.4 Å². The number of nitro benzene ring substituents is 1. The molecule has 3 aliphatic heterocycles. The standard InChI is InChI=1S/C28H21N3O5/c32-26(19-10-6-11-20(15-19)31(35)36)25-24-23(22-14-13-18-9-4-5-12-21(18)30(22)25)27(33)29(28(24)34)16-17-7-2-1-3-8-17/h1-15,22-25H,16H2/t22-,23-,24-,25+/m1/s1. The van der Waals surface area contributed by atoms with E-state index in [0.29, 0.717) is 0 Å². The lowest BCUT2D eigenvalue weighted by Gasteiger charge is -2.36. The highest BCUT2D eigenvalue weighted by Crippen LogP contribution is 2.49. The highest BCUT2D eigenvalue weighted by Gasteiger charge is 2.63. The first kappa shape index (κ1) is 21.9. The first-order valence-electron chi connectivity index (χ1n) is 11.7. The van der Waals surface area contributed by atoms with E-state index in [1.165, 1.54) is 29.2 Å². The Labute approximate surface area is 206 Å². The van der Waals surface area contributed by atoms with Gasteiger partial charge in [-0.3, -0.25) is 29.4 Å². The van der Waals surface area contributed by atoms with Crippen LogP contribution in [0.25, 0.3) is 6.08 Å². The van der Waals surface area contributed by atoms with Crippen LogP contribution in [-0.4, -0.2) is 39.5 Å². The Kier molecular flexibility index (Phi) is 5.03. The lowest BCUT2D eigenvalue weighted by molar-refractivity contribution is -0.384. The van der Waals surface area contributed by atoms with E-state index in [4.69, 9.17) is 0 Å². The van der Waals surface area contributed by atoms with E-state index in [0.717, 1.165) is 16.8 Å². The van der Waals surface area contributed by atoms with Gasteiger partial charge < -0.3 is 4.90 Å². The van der Waals surface area contributed by atoms with Crippen molar-refractivity contribution in [2.24, 2.45) is 11.8 Å². The van der Waals surface area contributed by atoms with E-state index in [9.17, 15) is 24.5 Å². The molecule has 0 N–H and O–H groups in total. The zero-order valence-corrected chi connectivity index (χ0v) is 19.1. The van der Waals surface area contributed by atoms with Gasteiger partial charge in [0.1, 0.15) is 6.04 Å². The fraction of sp³-hybridized carbons (Fsp3) is 0.179. The number of carbonyl (C=O) groups excluding carboxylic acids is 3. The molecule has 36 heavy (non-hydrogen) atoms. The molecule has 0 aromatic heterocycles. The number of likely N-dealkylation sites (tertiary alicyclic amines) is 1. The number of nitro groups is 1. The molecule has 0 radical (unpaired) electrons. The maximum atomic E-state index is 14.0. The second kappa shape index (κ2) is 8.27. The zero-order chi connectivity index (χ0) is 25.0. The van der Waals surface area contributed by atoms with Crippen molar-refractivity contribution in [1.82, 2.24) is 4.90 Å². The zero-order valence-electron chi connectivity index (χ0n) is 19.1. The molecule has 3 aromatic rings. The molecule has 0 aliphatic carbocycles. The van der Waals surface area contributed by atoms with Gasteiger partial charge in [0.25, 0.3) is 5.69 Å². The van der Waals surface area contributed by atoms with Crippen molar-refractivity contribution in [2.75, 3.05) is 4.90 Å². The van der Waals surface area contributed by atoms with Crippen LogP contribution in [0.2, 0.25) is 0 Å². The SMILES string of the molecule is O=C(c1cccc([N+](=O)[O-])c1)[C@@H]1[C@@H]2C(=O)N(Cc3ccccc3)C(=O)[C@@H]2[C@H]2C=Cc3ccccc3N21. The average molecular weight is 479 g/mol. The van der Waals surface area contributed by atoms with Crippen LogP contribution in [0.5, 0.6) is 0 Å². The number of ketones is 1. The predicted molar refractivity (Wildman–Crippen MR) is 132 cm³/mol. The van der Waals surface area contributed by atoms with Crippen LogP contribution >= 0.6 is 0 Å². The van der Waals surface area contributed by atoms with Crippen LogP contribution in [0.1, 0.15) is 21.5 Å². The molecule has 0 saturated carbocycles. The lowest BCUT2D eigenvalue weighted by Crippen LogP contribution is -2.48. The Morgan fingerprint density at radius 3 is 2.39 bits per heavy atom. The number of non-ortho nitro benzene ring substituents is 1. The van der Waals surface area contributed by atoms with Gasteiger partial charge in [-0.15, -0.1) is 0 Å². The molecule has 4 atom stereocenters. The van der Waals surface area contributed by atoms with Gasteiger partial charge in [0.05, 0.1) is 29.3 Å². The first-order valence-corrected chi connectivity index (χ1v) is 11.7. The van der Waals surface area contributed by atoms with Crippen molar-refractivity contribution in [3.63, 3.8) is 0 Å². The van der Waals surface area contributed by atoms with Gasteiger partial charge in [-0.1, -0.05) is 72.8 Å². The highest BCUT2D eigenvalue weighted by atomic mass is 16.6. The van der Waals surface area contributed by atoms with Gasteiger partial charge >= 0.3 is 0 Å². The van der Waals surface area contributed by atoms with Crippen LogP contribution in [-0.2, 0) is 16.1 Å². The molecule has 3 heterocycles. The number of hydrogen-bond donors (Lipinski definition) is 0. The molecule has 178 valence electrons. The van der Waals surface area contributed by atoms with Gasteiger partial charge in [-0.05, 0) is 17.2 Å². The minimum Gasteiger partial charge on any atom is -0.352 e. The third-order valence-electron chi connectivity index (χ3n) is 7.30. The Morgan fingerprint density at radius 2 is 1.61 bits per heavy atom. The molecule has 0 spiro atoms. The summed E-state index contributed by atoms with van der Waals surface area (Å²) in [5.41, 5.74) is 2.40. The number of anilines is 1. The molecular weight excluding hydrogens is 458 g/mol. The first-order chi connectivity index (χ1) is 17.5. The highest BCUT2D eigenvalue weighted by molar-refractivity contribution is 6.14. The molecular formula is C28H21N3O5. The van der Waals surface area contributed by atoms with Gasteiger partial charge in [-0.25, -0.2) is 0 Å². The molecule has 2 amide bonds. The Morgan fingerprint density at radius 1 is 0.889 bits per heavy atom. The summed E-state index contributed by atoms with van der Waals surface area (Å²) in [6.45, 7) is 0.135. The van der Waals surface area contributed by atoms with Gasteiger partial charge in [0.15, 0.2) is 5.78 Å². The number of Topliss-reactive ketones (excluding diaryl/α,β-unsaturated/α-hetero) is 1. The molecule has 8 nitrogen and oxygen atoms in total. The van der Waals surface area contributed by atoms with Crippen LogP contribution in [0, 0.1) is 22.0 Å². The predicted octanol–water partition coefficient (Wildman–Crippen LogP) is 3.86. The molecule has 3 aromatic carbocycles. The number of rotatable bonds is 5. The van der Waals surface area contributed by atoms with Gasteiger partial charge in [0.2, 0.25) is 11.8 Å². The Balaban J connectivity index is 1.45. The number of carbonyl (C=O) groups is 3. The van der Waals surface area contributed by atoms with Gasteiger partial charge in [0, 0.05) is 23.4 Å². The molecule has 3 aliphatic rings. The van der Waals surface area contributed by atoms with Crippen molar-refractivity contribution in [3.05, 3.63) is 112 Å². The van der Waals surface area contributed by atoms with Crippen LogP contribution in [0.3, 0.4) is 0 Å². The Hall–Kier alpha value is -4.59. The number of hydrogen-bond acceptors (Lipinski definition) is 6. The number of nitrogens with zero attached hydrogens (tertiary/aromatic N) is 3. The summed E-state index contributed by atoms with van der Waals surface area (Å²) < 4.78 is 0. The second-order valence-corrected chi connectivity index (χ2v) is 9.23. The van der Waals surface area contributed by atoms with Gasteiger partial charge in [-0.2, -0.15) is 0 Å². The maximum absolute atomic E-state index is 14.0. The summed E-state index contributed by atoms with van der Waals surface area (Å²) in [6.07, 6.45) is 3.81. The van der Waals surface area contributed by atoms with E-state index in [-0.39, 0.29) is 23.7 Å². The van der Waals surface area contributed by atoms with E-state index in [1.54, 1.807) is 0 Å². The van der Waals surface area contributed by atoms with E-state index in [1.807, 2.05) is 71.6 Å². The topological polar surface area (TPSA) is 101 Å². The number of imide groups is 1. The summed E-state index contributed by atoms with van der Waals surface area (Å²) >= 11 is 0. The molecule has 6 rings (SSSR count). The fourth-order valence-corrected chi connectivity index (χ4v) is 5.74. The third kappa shape index (κ3) is 3.25.